The number of anilines is 2. The molecule has 1 aromatic carbocycles. The van der Waals surface area contributed by atoms with E-state index >= 15 is 0 Å². The van der Waals surface area contributed by atoms with Gasteiger partial charge in [0.2, 0.25) is 0 Å². The van der Waals surface area contributed by atoms with E-state index in [0.29, 0.717) is 11.5 Å². The molecule has 0 fully saturated rings. The lowest BCUT2D eigenvalue weighted by Crippen LogP contribution is -2.22. The average Bonchev–Trinajstić information content (AvgIpc) is 2.50. The first kappa shape index (κ1) is 13.3. The lowest BCUT2D eigenvalue weighted by atomic mass is 10.2. The maximum Gasteiger partial charge on any atom is 0.265 e. The molecule has 0 spiro atoms. The van der Waals surface area contributed by atoms with Crippen molar-refractivity contribution in [1.82, 2.24) is 9.38 Å². The summed E-state index contributed by atoms with van der Waals surface area (Å²) in [6.07, 6.45) is 1.66. The fourth-order valence-corrected chi connectivity index (χ4v) is 2.24. The van der Waals surface area contributed by atoms with Crippen LogP contribution in [0.15, 0.2) is 53.5 Å². The third kappa shape index (κ3) is 2.39. The van der Waals surface area contributed by atoms with E-state index in [-0.39, 0.29) is 17.7 Å². The van der Waals surface area contributed by atoms with E-state index in [2.05, 4.69) is 10.3 Å². The highest BCUT2D eigenvalue weighted by atomic mass is 16.3. The number of rotatable bonds is 3. The Morgan fingerprint density at radius 2 is 1.95 bits per heavy atom. The molecule has 0 bridgehead atoms. The van der Waals surface area contributed by atoms with Crippen molar-refractivity contribution in [3.63, 3.8) is 0 Å². The summed E-state index contributed by atoms with van der Waals surface area (Å²) in [4.78, 5) is 16.9. The van der Waals surface area contributed by atoms with Gasteiger partial charge in [-0.2, -0.15) is 0 Å². The largest absolute Gasteiger partial charge is 0.391 e. The number of hydrogen-bond donors (Lipinski definition) is 2. The van der Waals surface area contributed by atoms with Gasteiger partial charge in [-0.05, 0) is 30.7 Å². The number of nitrogens with zero attached hydrogens (tertiary/aromatic N) is 2. The fourth-order valence-electron chi connectivity index (χ4n) is 2.24. The van der Waals surface area contributed by atoms with Gasteiger partial charge in [0.15, 0.2) is 0 Å². The van der Waals surface area contributed by atoms with Gasteiger partial charge in [0.25, 0.3) is 5.56 Å². The van der Waals surface area contributed by atoms with Crippen LogP contribution >= 0.6 is 0 Å². The third-order valence-electron chi connectivity index (χ3n) is 3.34. The highest BCUT2D eigenvalue weighted by molar-refractivity contribution is 5.62. The van der Waals surface area contributed by atoms with Crippen LogP contribution in [0.3, 0.4) is 0 Å². The van der Waals surface area contributed by atoms with Crippen LogP contribution < -0.4 is 10.9 Å². The SMILES string of the molecule is Cc1cccn2c(=O)c(CO)c(Nc3ccccc3)nc12. The molecule has 0 radical (unpaired) electrons. The van der Waals surface area contributed by atoms with Crippen LogP contribution in [0.2, 0.25) is 0 Å². The summed E-state index contributed by atoms with van der Waals surface area (Å²) in [6.45, 7) is 1.53. The minimum Gasteiger partial charge on any atom is -0.391 e. The molecule has 5 heteroatoms. The minimum atomic E-state index is -0.363. The van der Waals surface area contributed by atoms with Gasteiger partial charge in [-0.3, -0.25) is 9.20 Å². The van der Waals surface area contributed by atoms with Crippen molar-refractivity contribution in [2.75, 3.05) is 5.32 Å². The molecular formula is C16H15N3O2. The Labute approximate surface area is 121 Å². The summed E-state index contributed by atoms with van der Waals surface area (Å²) < 4.78 is 1.46. The first-order valence-electron chi connectivity index (χ1n) is 6.64. The molecule has 2 heterocycles. The van der Waals surface area contributed by atoms with Crippen molar-refractivity contribution < 1.29 is 5.11 Å². The van der Waals surface area contributed by atoms with E-state index in [0.717, 1.165) is 11.3 Å². The van der Waals surface area contributed by atoms with Crippen LogP contribution in [0, 0.1) is 6.92 Å². The smallest absolute Gasteiger partial charge is 0.265 e. The molecule has 5 nitrogen and oxygen atoms in total. The molecule has 0 saturated heterocycles. The van der Waals surface area contributed by atoms with Crippen molar-refractivity contribution >= 4 is 17.2 Å². The number of aliphatic hydroxyl groups is 1. The number of aromatic nitrogens is 2. The van der Waals surface area contributed by atoms with E-state index in [9.17, 15) is 9.90 Å². The highest BCUT2D eigenvalue weighted by Gasteiger charge is 2.13. The molecule has 3 aromatic rings. The lowest BCUT2D eigenvalue weighted by molar-refractivity contribution is 0.280. The van der Waals surface area contributed by atoms with Gasteiger partial charge in [0.1, 0.15) is 11.5 Å². The molecule has 3 rings (SSSR count). The van der Waals surface area contributed by atoms with E-state index in [1.807, 2.05) is 43.3 Å². The van der Waals surface area contributed by atoms with Gasteiger partial charge in [0.05, 0.1) is 12.2 Å². The molecule has 0 amide bonds. The summed E-state index contributed by atoms with van der Waals surface area (Å²) in [5.74, 6) is 0.392. The van der Waals surface area contributed by atoms with Gasteiger partial charge in [0, 0.05) is 11.9 Å². The summed E-state index contributed by atoms with van der Waals surface area (Å²) in [5.41, 5.74) is 2.29. The van der Waals surface area contributed by atoms with Crippen molar-refractivity contribution in [3.8, 4) is 0 Å². The van der Waals surface area contributed by atoms with Crippen LogP contribution in [-0.2, 0) is 6.61 Å². The van der Waals surface area contributed by atoms with Crippen LogP contribution in [0.25, 0.3) is 5.65 Å². The Hall–Kier alpha value is -2.66. The van der Waals surface area contributed by atoms with Crippen molar-refractivity contribution in [2.24, 2.45) is 0 Å². The quantitative estimate of drug-likeness (QED) is 0.772. The summed E-state index contributed by atoms with van der Waals surface area (Å²) in [6, 6.07) is 13.1. The molecular weight excluding hydrogens is 266 g/mol. The number of nitrogens with one attached hydrogen (secondary N) is 1. The van der Waals surface area contributed by atoms with E-state index in [1.165, 1.54) is 4.40 Å². The van der Waals surface area contributed by atoms with E-state index in [1.54, 1.807) is 12.3 Å². The molecule has 0 saturated carbocycles. The van der Waals surface area contributed by atoms with Crippen molar-refractivity contribution in [1.29, 1.82) is 0 Å². The zero-order valence-corrected chi connectivity index (χ0v) is 11.6. The molecule has 0 aliphatic heterocycles. The van der Waals surface area contributed by atoms with Gasteiger partial charge in [-0.15, -0.1) is 0 Å². The molecule has 0 unspecified atom stereocenters. The number of aryl methyl sites for hydroxylation is 1. The lowest BCUT2D eigenvalue weighted by Gasteiger charge is -2.12. The van der Waals surface area contributed by atoms with Gasteiger partial charge >= 0.3 is 0 Å². The first-order valence-corrected chi connectivity index (χ1v) is 6.64. The molecule has 0 aliphatic carbocycles. The molecule has 0 atom stereocenters. The van der Waals surface area contributed by atoms with Gasteiger partial charge < -0.3 is 10.4 Å². The number of aliphatic hydroxyl groups excluding tert-OH is 1. The van der Waals surface area contributed by atoms with Gasteiger partial charge in [-0.25, -0.2) is 4.98 Å². The van der Waals surface area contributed by atoms with Crippen LogP contribution in [-0.4, -0.2) is 14.5 Å². The minimum absolute atomic E-state index is 0.252. The summed E-state index contributed by atoms with van der Waals surface area (Å²) >= 11 is 0. The van der Waals surface area contributed by atoms with Crippen molar-refractivity contribution in [3.05, 3.63) is 70.1 Å². The van der Waals surface area contributed by atoms with E-state index in [4.69, 9.17) is 0 Å². The Balaban J connectivity index is 2.22. The average molecular weight is 281 g/mol. The number of para-hydroxylation sites is 1. The fraction of sp³-hybridized carbons (Fsp3) is 0.125. The number of benzene rings is 1. The monoisotopic (exact) mass is 281 g/mol. The predicted octanol–water partition coefficient (Wildman–Crippen LogP) is 2.24. The zero-order chi connectivity index (χ0) is 14.8. The second-order valence-corrected chi connectivity index (χ2v) is 4.78. The topological polar surface area (TPSA) is 66.6 Å². The van der Waals surface area contributed by atoms with Crippen LogP contribution in [0.4, 0.5) is 11.5 Å². The van der Waals surface area contributed by atoms with Crippen molar-refractivity contribution in [2.45, 2.75) is 13.5 Å². The standard InChI is InChI=1S/C16H15N3O2/c1-11-6-5-9-19-15(11)18-14(13(10-20)16(19)21)17-12-7-3-2-4-8-12/h2-9,17,20H,10H2,1H3. The van der Waals surface area contributed by atoms with Crippen LogP contribution in [0.5, 0.6) is 0 Å². The Morgan fingerprint density at radius 1 is 1.19 bits per heavy atom. The zero-order valence-electron chi connectivity index (χ0n) is 11.6. The first-order chi connectivity index (χ1) is 10.2. The van der Waals surface area contributed by atoms with Gasteiger partial charge in [-0.1, -0.05) is 24.3 Å². The molecule has 106 valence electrons. The maximum atomic E-state index is 12.4. The third-order valence-corrected chi connectivity index (χ3v) is 3.34. The predicted molar refractivity (Wildman–Crippen MR) is 81.8 cm³/mol. The number of pyridine rings is 1. The summed E-state index contributed by atoms with van der Waals surface area (Å²) in [5, 5.41) is 12.6. The molecule has 0 aliphatic rings. The summed E-state index contributed by atoms with van der Waals surface area (Å²) in [7, 11) is 0. The Morgan fingerprint density at radius 3 is 2.67 bits per heavy atom. The molecule has 2 aromatic heterocycles. The maximum absolute atomic E-state index is 12.4. The number of fused-ring (bicyclic) bond motifs is 1. The highest BCUT2D eigenvalue weighted by Crippen LogP contribution is 2.18. The Bertz CT molecular complexity index is 841. The number of hydrogen-bond acceptors (Lipinski definition) is 4. The van der Waals surface area contributed by atoms with E-state index < -0.39 is 0 Å². The second kappa shape index (κ2) is 5.38. The second-order valence-electron chi connectivity index (χ2n) is 4.78. The Kier molecular flexibility index (Phi) is 3.41. The van der Waals surface area contributed by atoms with Crippen LogP contribution in [0.1, 0.15) is 11.1 Å². The molecule has 2 N–H and O–H groups in total. The molecule has 21 heavy (non-hydrogen) atoms. The normalized spacial score (nSPS) is 10.8.